The highest BCUT2D eigenvalue weighted by atomic mass is 16.5. The molecule has 4 heteroatoms. The predicted octanol–water partition coefficient (Wildman–Crippen LogP) is 7.88. The van der Waals surface area contributed by atoms with Gasteiger partial charge in [0.15, 0.2) is 0 Å². The lowest BCUT2D eigenvalue weighted by atomic mass is 10.0. The number of hydrogen-bond donors (Lipinski definition) is 0. The van der Waals surface area contributed by atoms with E-state index in [9.17, 15) is 4.79 Å². The molecule has 3 rings (SSSR count). The molecule has 0 amide bonds. The molecule has 0 aliphatic carbocycles. The van der Waals surface area contributed by atoms with Gasteiger partial charge in [0.05, 0.1) is 18.8 Å². The zero-order chi connectivity index (χ0) is 24.0. The quantitative estimate of drug-likeness (QED) is 0.107. The van der Waals surface area contributed by atoms with E-state index < -0.39 is 0 Å². The third-order valence-corrected chi connectivity index (χ3v) is 5.43. The van der Waals surface area contributed by atoms with Crippen LogP contribution in [0.3, 0.4) is 0 Å². The van der Waals surface area contributed by atoms with Gasteiger partial charge in [-0.15, -0.1) is 6.58 Å². The van der Waals surface area contributed by atoms with Crippen molar-refractivity contribution in [1.82, 2.24) is 0 Å². The summed E-state index contributed by atoms with van der Waals surface area (Å²) >= 11 is 0. The van der Waals surface area contributed by atoms with E-state index in [0.29, 0.717) is 17.9 Å². The Hall–Kier alpha value is -3.53. The Morgan fingerprint density at radius 3 is 1.82 bits per heavy atom. The average molecular weight is 459 g/mol. The predicted molar refractivity (Wildman–Crippen MR) is 138 cm³/mol. The fraction of sp³-hybridized carbons (Fsp3) is 0.300. The molecule has 34 heavy (non-hydrogen) atoms. The molecule has 0 bridgehead atoms. The van der Waals surface area contributed by atoms with E-state index in [0.717, 1.165) is 67.8 Å². The first-order valence-electron chi connectivity index (χ1n) is 12.1. The van der Waals surface area contributed by atoms with Crippen LogP contribution >= 0.6 is 0 Å². The summed E-state index contributed by atoms with van der Waals surface area (Å²) in [6, 6.07) is 22.6. The Morgan fingerprint density at radius 1 is 0.706 bits per heavy atom. The topological polar surface area (TPSA) is 44.8 Å². The van der Waals surface area contributed by atoms with Crippen molar-refractivity contribution >= 4 is 5.97 Å². The van der Waals surface area contributed by atoms with E-state index in [1.54, 1.807) is 24.3 Å². The van der Waals surface area contributed by atoms with Crippen LogP contribution in [0.5, 0.6) is 17.2 Å². The van der Waals surface area contributed by atoms with Gasteiger partial charge in [-0.1, -0.05) is 43.7 Å². The van der Waals surface area contributed by atoms with Crippen LogP contribution < -0.4 is 14.2 Å². The fourth-order valence-electron chi connectivity index (χ4n) is 3.40. The summed E-state index contributed by atoms with van der Waals surface area (Å²) in [7, 11) is 0. The molecule has 0 saturated heterocycles. The second-order valence-corrected chi connectivity index (χ2v) is 8.15. The van der Waals surface area contributed by atoms with Gasteiger partial charge in [0.2, 0.25) is 0 Å². The van der Waals surface area contributed by atoms with Gasteiger partial charge in [0.1, 0.15) is 17.2 Å². The van der Waals surface area contributed by atoms with Crippen molar-refractivity contribution < 1.29 is 19.0 Å². The molecule has 0 aromatic heterocycles. The summed E-state index contributed by atoms with van der Waals surface area (Å²) in [5, 5.41) is 0. The van der Waals surface area contributed by atoms with Crippen LogP contribution in [0.2, 0.25) is 0 Å². The first-order valence-corrected chi connectivity index (χ1v) is 12.1. The number of unbranched alkanes of at least 4 members (excludes halogenated alkanes) is 4. The Morgan fingerprint density at radius 2 is 1.24 bits per heavy atom. The number of benzene rings is 3. The molecule has 0 radical (unpaired) electrons. The van der Waals surface area contributed by atoms with E-state index in [4.69, 9.17) is 14.2 Å². The highest BCUT2D eigenvalue weighted by molar-refractivity contribution is 5.91. The molecule has 0 N–H and O–H groups in total. The van der Waals surface area contributed by atoms with Crippen LogP contribution in [0.1, 0.15) is 55.8 Å². The summed E-state index contributed by atoms with van der Waals surface area (Å²) in [5.41, 5.74) is 2.60. The average Bonchev–Trinajstić information content (AvgIpc) is 2.88. The second kappa shape index (κ2) is 13.9. The monoisotopic (exact) mass is 458 g/mol. The molecular weight excluding hydrogens is 424 g/mol. The second-order valence-electron chi connectivity index (χ2n) is 8.15. The third-order valence-electron chi connectivity index (χ3n) is 5.43. The van der Waals surface area contributed by atoms with Crippen LogP contribution in [0.4, 0.5) is 0 Å². The summed E-state index contributed by atoms with van der Waals surface area (Å²) in [5.74, 6) is 1.75. The van der Waals surface area contributed by atoms with Crippen LogP contribution in [0, 0.1) is 0 Å². The van der Waals surface area contributed by atoms with Crippen molar-refractivity contribution in [3.05, 3.63) is 91.0 Å². The fourth-order valence-corrected chi connectivity index (χ4v) is 3.40. The summed E-state index contributed by atoms with van der Waals surface area (Å²) in [6.45, 7) is 7.28. The van der Waals surface area contributed by atoms with Gasteiger partial charge >= 0.3 is 5.97 Å². The Kier molecular flexibility index (Phi) is 10.3. The Bertz CT molecular complexity index is 1010. The van der Waals surface area contributed by atoms with Gasteiger partial charge in [-0.2, -0.15) is 0 Å². The lowest BCUT2D eigenvalue weighted by molar-refractivity contribution is 0.0734. The molecule has 4 nitrogen and oxygen atoms in total. The number of ether oxygens (including phenoxy) is 3. The van der Waals surface area contributed by atoms with Crippen molar-refractivity contribution in [3.63, 3.8) is 0 Å². The maximum atomic E-state index is 12.5. The third kappa shape index (κ3) is 8.11. The van der Waals surface area contributed by atoms with Crippen LogP contribution in [-0.4, -0.2) is 19.2 Å². The maximum absolute atomic E-state index is 12.5. The molecule has 0 aliphatic heterocycles. The number of allylic oxidation sites excluding steroid dienone is 1. The van der Waals surface area contributed by atoms with Crippen LogP contribution in [0.15, 0.2) is 85.5 Å². The minimum Gasteiger partial charge on any atom is -0.494 e. The minimum absolute atomic E-state index is 0.386. The highest BCUT2D eigenvalue weighted by Crippen LogP contribution is 2.24. The van der Waals surface area contributed by atoms with Crippen molar-refractivity contribution in [2.24, 2.45) is 0 Å². The highest BCUT2D eigenvalue weighted by Gasteiger charge is 2.09. The molecule has 178 valence electrons. The number of carbonyl (C=O) groups excluding carboxylic acids is 1. The number of esters is 1. The van der Waals surface area contributed by atoms with Crippen molar-refractivity contribution in [2.75, 3.05) is 13.2 Å². The number of rotatable bonds is 14. The molecular formula is C30H34O4. The molecule has 0 heterocycles. The molecule has 3 aromatic carbocycles. The van der Waals surface area contributed by atoms with Crippen LogP contribution in [0.25, 0.3) is 11.1 Å². The largest absolute Gasteiger partial charge is 0.494 e. The maximum Gasteiger partial charge on any atom is 0.343 e. The summed E-state index contributed by atoms with van der Waals surface area (Å²) in [4.78, 5) is 12.5. The first kappa shape index (κ1) is 25.1. The normalized spacial score (nSPS) is 10.5. The smallest absolute Gasteiger partial charge is 0.343 e. The number of carbonyl (C=O) groups is 1. The Balaban J connectivity index is 1.49. The van der Waals surface area contributed by atoms with Gasteiger partial charge < -0.3 is 14.2 Å². The van der Waals surface area contributed by atoms with Gasteiger partial charge in [0.25, 0.3) is 0 Å². The number of hydrogen-bond acceptors (Lipinski definition) is 4. The minimum atomic E-state index is -0.386. The van der Waals surface area contributed by atoms with Crippen molar-refractivity contribution in [1.29, 1.82) is 0 Å². The van der Waals surface area contributed by atoms with Gasteiger partial charge in [0, 0.05) is 0 Å². The zero-order valence-corrected chi connectivity index (χ0v) is 20.0. The van der Waals surface area contributed by atoms with E-state index in [2.05, 4.69) is 13.5 Å². The molecule has 0 fully saturated rings. The summed E-state index contributed by atoms with van der Waals surface area (Å²) in [6.07, 6.45) is 8.48. The van der Waals surface area contributed by atoms with Gasteiger partial charge in [-0.25, -0.2) is 4.79 Å². The van der Waals surface area contributed by atoms with E-state index >= 15 is 0 Å². The first-order chi connectivity index (χ1) is 16.7. The van der Waals surface area contributed by atoms with E-state index in [1.807, 2.05) is 54.6 Å². The van der Waals surface area contributed by atoms with Gasteiger partial charge in [-0.05, 0) is 91.8 Å². The standard InChI is InChI=1S/C30H34O4/c1-3-5-7-8-9-23-33-27-16-14-25(15-17-27)24-10-12-26(13-11-24)30(31)34-29-20-18-28(19-21-29)32-22-6-4-2/h3,10-21H,1,4-9,22-23H2,2H3. The Labute approximate surface area is 203 Å². The molecule has 0 spiro atoms. The molecule has 0 aliphatic rings. The SMILES string of the molecule is C=CCCCCCOc1ccc(-c2ccc(C(=O)Oc3ccc(OCCCC)cc3)cc2)cc1. The molecule has 0 saturated carbocycles. The van der Waals surface area contributed by atoms with E-state index in [-0.39, 0.29) is 5.97 Å². The lowest BCUT2D eigenvalue weighted by Crippen LogP contribution is -2.08. The molecule has 0 atom stereocenters. The summed E-state index contributed by atoms with van der Waals surface area (Å²) < 4.78 is 17.0. The van der Waals surface area contributed by atoms with Gasteiger partial charge in [-0.3, -0.25) is 0 Å². The lowest BCUT2D eigenvalue weighted by Gasteiger charge is -2.09. The molecule has 3 aromatic rings. The zero-order valence-electron chi connectivity index (χ0n) is 20.0. The van der Waals surface area contributed by atoms with Crippen molar-refractivity contribution in [2.45, 2.75) is 45.4 Å². The molecule has 0 unspecified atom stereocenters. The van der Waals surface area contributed by atoms with Crippen LogP contribution in [-0.2, 0) is 0 Å². The van der Waals surface area contributed by atoms with Crippen molar-refractivity contribution in [3.8, 4) is 28.4 Å². The van der Waals surface area contributed by atoms with E-state index in [1.165, 1.54) is 0 Å².